The third kappa shape index (κ3) is 4.63. The van der Waals surface area contributed by atoms with Crippen molar-refractivity contribution in [3.63, 3.8) is 0 Å². The van der Waals surface area contributed by atoms with Gasteiger partial charge in [-0.1, -0.05) is 43.1 Å². The zero-order valence-corrected chi connectivity index (χ0v) is 16.6. The second-order valence-electron chi connectivity index (χ2n) is 6.65. The van der Waals surface area contributed by atoms with Crippen molar-refractivity contribution in [2.75, 3.05) is 11.9 Å². The van der Waals surface area contributed by atoms with Crippen molar-refractivity contribution >= 4 is 17.4 Å². The molecule has 25 heavy (non-hydrogen) atoms. The zero-order chi connectivity index (χ0) is 18.6. The molecule has 0 radical (unpaired) electrons. The fourth-order valence-corrected chi connectivity index (χ4v) is 3.65. The van der Waals surface area contributed by atoms with Gasteiger partial charge < -0.3 is 9.88 Å². The van der Waals surface area contributed by atoms with Crippen molar-refractivity contribution in [2.24, 2.45) is 0 Å². The molecular weight excluding hydrogens is 334 g/mol. The van der Waals surface area contributed by atoms with Crippen LogP contribution in [0.15, 0.2) is 23.1 Å². The molecule has 0 spiro atoms. The summed E-state index contributed by atoms with van der Waals surface area (Å²) in [5.74, 6) is 0.335. The van der Waals surface area contributed by atoms with Gasteiger partial charge in [-0.25, -0.2) is 4.98 Å². The highest BCUT2D eigenvalue weighted by molar-refractivity contribution is 6.29. The van der Waals surface area contributed by atoms with E-state index in [1.807, 2.05) is 0 Å². The lowest BCUT2D eigenvalue weighted by Crippen LogP contribution is -2.28. The molecule has 0 atom stereocenters. The van der Waals surface area contributed by atoms with Crippen LogP contribution in [-0.2, 0) is 6.42 Å². The number of nitrogens with one attached hydrogen (secondary N) is 1. The Morgan fingerprint density at radius 3 is 2.32 bits per heavy atom. The summed E-state index contributed by atoms with van der Waals surface area (Å²) in [6, 6.07) is 4.54. The first-order valence-corrected chi connectivity index (χ1v) is 9.34. The van der Waals surface area contributed by atoms with E-state index in [1.54, 1.807) is 10.8 Å². The standard InChI is InChI=1S/C20H28ClN3O/c1-6-16(7-2)24-12-18(21)23-19(20(24)25)22-9-8-17-14(4)10-13(3)11-15(17)5/h10-12,16H,6-9H2,1-5H3,(H,22,23). The highest BCUT2D eigenvalue weighted by atomic mass is 35.5. The number of benzene rings is 1. The molecule has 2 aromatic rings. The molecule has 0 saturated carbocycles. The lowest BCUT2D eigenvalue weighted by Gasteiger charge is -2.18. The van der Waals surface area contributed by atoms with E-state index >= 15 is 0 Å². The Hall–Kier alpha value is -1.81. The third-order valence-corrected chi connectivity index (χ3v) is 4.93. The predicted molar refractivity (Wildman–Crippen MR) is 106 cm³/mol. The Bertz CT molecular complexity index is 771. The Labute approximate surface area is 155 Å². The molecule has 5 heteroatoms. The molecule has 1 N–H and O–H groups in total. The largest absolute Gasteiger partial charge is 0.365 e. The van der Waals surface area contributed by atoms with Crippen LogP contribution >= 0.6 is 11.6 Å². The molecule has 4 nitrogen and oxygen atoms in total. The second-order valence-corrected chi connectivity index (χ2v) is 7.04. The molecule has 136 valence electrons. The molecule has 0 unspecified atom stereocenters. The van der Waals surface area contributed by atoms with Gasteiger partial charge in [-0.3, -0.25) is 4.79 Å². The number of aromatic nitrogens is 2. The first kappa shape index (κ1) is 19.5. The van der Waals surface area contributed by atoms with E-state index in [2.05, 4.69) is 57.1 Å². The Kier molecular flexibility index (Phi) is 6.65. The monoisotopic (exact) mass is 361 g/mol. The van der Waals surface area contributed by atoms with Crippen LogP contribution in [0.3, 0.4) is 0 Å². The minimum atomic E-state index is -0.101. The summed E-state index contributed by atoms with van der Waals surface area (Å²) >= 11 is 6.13. The Morgan fingerprint density at radius 2 is 1.76 bits per heavy atom. The van der Waals surface area contributed by atoms with E-state index < -0.39 is 0 Å². The number of hydrogen-bond acceptors (Lipinski definition) is 3. The maximum atomic E-state index is 12.7. The summed E-state index contributed by atoms with van der Waals surface area (Å²) in [6.45, 7) is 11.2. The van der Waals surface area contributed by atoms with E-state index in [0.29, 0.717) is 17.5 Å². The second kappa shape index (κ2) is 8.52. The summed E-state index contributed by atoms with van der Waals surface area (Å²) in [5.41, 5.74) is 5.06. The van der Waals surface area contributed by atoms with Gasteiger partial charge in [-0.15, -0.1) is 0 Å². The van der Waals surface area contributed by atoms with Crippen LogP contribution in [0.2, 0.25) is 5.15 Å². The Balaban J connectivity index is 2.18. The number of halogens is 1. The quantitative estimate of drug-likeness (QED) is 0.767. The molecule has 0 amide bonds. The van der Waals surface area contributed by atoms with E-state index in [1.165, 1.54) is 22.3 Å². The number of hydrogen-bond donors (Lipinski definition) is 1. The topological polar surface area (TPSA) is 46.9 Å². The maximum absolute atomic E-state index is 12.7. The van der Waals surface area contributed by atoms with Crippen LogP contribution in [0.25, 0.3) is 0 Å². The van der Waals surface area contributed by atoms with Crippen molar-refractivity contribution in [1.29, 1.82) is 0 Å². The summed E-state index contributed by atoms with van der Waals surface area (Å²) in [6.07, 6.45) is 4.26. The lowest BCUT2D eigenvalue weighted by atomic mass is 9.97. The maximum Gasteiger partial charge on any atom is 0.293 e. The number of rotatable bonds is 7. The van der Waals surface area contributed by atoms with Crippen LogP contribution in [0.1, 0.15) is 55.0 Å². The van der Waals surface area contributed by atoms with Crippen LogP contribution in [0.4, 0.5) is 5.82 Å². The van der Waals surface area contributed by atoms with Gasteiger partial charge in [0.1, 0.15) is 5.15 Å². The third-order valence-electron chi connectivity index (χ3n) is 4.75. The fraction of sp³-hybridized carbons (Fsp3) is 0.500. The van der Waals surface area contributed by atoms with Crippen LogP contribution in [0, 0.1) is 20.8 Å². The molecule has 0 bridgehead atoms. The van der Waals surface area contributed by atoms with Crippen molar-refractivity contribution in [1.82, 2.24) is 9.55 Å². The fourth-order valence-electron chi connectivity index (χ4n) is 3.46. The summed E-state index contributed by atoms with van der Waals surface area (Å²) < 4.78 is 1.71. The average Bonchev–Trinajstić information content (AvgIpc) is 2.54. The molecule has 1 heterocycles. The van der Waals surface area contributed by atoms with Gasteiger partial charge in [-0.2, -0.15) is 0 Å². The summed E-state index contributed by atoms with van der Waals surface area (Å²) in [5, 5.41) is 3.53. The van der Waals surface area contributed by atoms with Crippen LogP contribution in [0.5, 0.6) is 0 Å². The first-order chi connectivity index (χ1) is 11.9. The van der Waals surface area contributed by atoms with Crippen LogP contribution < -0.4 is 10.9 Å². The van der Waals surface area contributed by atoms with Gasteiger partial charge in [0.05, 0.1) is 0 Å². The molecule has 1 aromatic carbocycles. The highest BCUT2D eigenvalue weighted by Crippen LogP contribution is 2.18. The minimum absolute atomic E-state index is 0.101. The molecule has 0 aliphatic carbocycles. The van der Waals surface area contributed by atoms with Crippen molar-refractivity contribution in [2.45, 2.75) is 59.9 Å². The molecule has 0 fully saturated rings. The summed E-state index contributed by atoms with van der Waals surface area (Å²) in [7, 11) is 0. The van der Waals surface area contributed by atoms with Crippen LogP contribution in [-0.4, -0.2) is 16.1 Å². The van der Waals surface area contributed by atoms with Crippen molar-refractivity contribution in [3.05, 3.63) is 56.1 Å². The normalized spacial score (nSPS) is 11.2. The van der Waals surface area contributed by atoms with Gasteiger partial charge in [-0.05, 0) is 56.7 Å². The number of nitrogens with zero attached hydrogens (tertiary/aromatic N) is 2. The van der Waals surface area contributed by atoms with E-state index in [9.17, 15) is 4.79 Å². The van der Waals surface area contributed by atoms with E-state index in [-0.39, 0.29) is 11.6 Å². The van der Waals surface area contributed by atoms with Crippen molar-refractivity contribution in [3.8, 4) is 0 Å². The zero-order valence-electron chi connectivity index (χ0n) is 15.8. The predicted octanol–water partition coefficient (Wildman–Crippen LogP) is 4.84. The first-order valence-electron chi connectivity index (χ1n) is 8.96. The molecule has 2 rings (SSSR count). The minimum Gasteiger partial charge on any atom is -0.365 e. The molecule has 0 saturated heterocycles. The van der Waals surface area contributed by atoms with E-state index in [4.69, 9.17) is 11.6 Å². The smallest absolute Gasteiger partial charge is 0.293 e. The van der Waals surface area contributed by atoms with Gasteiger partial charge in [0.15, 0.2) is 5.82 Å². The Morgan fingerprint density at radius 1 is 1.16 bits per heavy atom. The van der Waals surface area contributed by atoms with Gasteiger partial charge in [0, 0.05) is 18.8 Å². The molecular formula is C20H28ClN3O. The van der Waals surface area contributed by atoms with Crippen molar-refractivity contribution < 1.29 is 0 Å². The number of anilines is 1. The average molecular weight is 362 g/mol. The van der Waals surface area contributed by atoms with Gasteiger partial charge in [0.2, 0.25) is 0 Å². The molecule has 1 aromatic heterocycles. The van der Waals surface area contributed by atoms with E-state index in [0.717, 1.165) is 19.3 Å². The lowest BCUT2D eigenvalue weighted by molar-refractivity contribution is 0.457. The molecule has 0 aliphatic heterocycles. The SMILES string of the molecule is CCC(CC)n1cc(Cl)nc(NCCc2c(C)cc(C)cc2C)c1=O. The van der Waals surface area contributed by atoms with Gasteiger partial charge in [0.25, 0.3) is 5.56 Å². The number of aryl methyl sites for hydroxylation is 3. The summed E-state index contributed by atoms with van der Waals surface area (Å²) in [4.78, 5) is 16.9. The molecule has 0 aliphatic rings. The van der Waals surface area contributed by atoms with Gasteiger partial charge >= 0.3 is 0 Å². The highest BCUT2D eigenvalue weighted by Gasteiger charge is 2.14.